The second-order valence-electron chi connectivity index (χ2n) is 4.20. The first-order valence-electron chi connectivity index (χ1n) is 5.99. The van der Waals surface area contributed by atoms with E-state index < -0.39 is 4.92 Å². The van der Waals surface area contributed by atoms with Gasteiger partial charge in [0.1, 0.15) is 6.54 Å². The van der Waals surface area contributed by atoms with Crippen LogP contribution in [-0.2, 0) is 11.3 Å². The van der Waals surface area contributed by atoms with E-state index in [1.165, 1.54) is 12.1 Å². The van der Waals surface area contributed by atoms with Crippen molar-refractivity contribution in [2.24, 2.45) is 0 Å². The Hall–Kier alpha value is -2.88. The molecule has 0 aliphatic rings. The highest BCUT2D eigenvalue weighted by Crippen LogP contribution is 2.21. The number of carbonyl (C=O) groups is 1. The number of nitro benzene ring substituents is 1. The van der Waals surface area contributed by atoms with Crippen molar-refractivity contribution in [1.82, 2.24) is 9.88 Å². The predicted molar refractivity (Wildman–Crippen MR) is 71.8 cm³/mol. The molecule has 1 heterocycles. The molecule has 1 amide bonds. The van der Waals surface area contributed by atoms with Gasteiger partial charge in [-0.2, -0.15) is 5.26 Å². The van der Waals surface area contributed by atoms with E-state index in [1.54, 1.807) is 22.9 Å². The van der Waals surface area contributed by atoms with Crippen molar-refractivity contribution >= 4 is 22.5 Å². The zero-order valence-electron chi connectivity index (χ0n) is 10.6. The van der Waals surface area contributed by atoms with Crippen molar-refractivity contribution in [2.45, 2.75) is 13.0 Å². The number of hydrogen-bond donors (Lipinski definition) is 1. The summed E-state index contributed by atoms with van der Waals surface area (Å²) in [6.07, 6.45) is 1.96. The van der Waals surface area contributed by atoms with Crippen LogP contribution >= 0.6 is 0 Å². The summed E-state index contributed by atoms with van der Waals surface area (Å²) in [7, 11) is 0. The van der Waals surface area contributed by atoms with Gasteiger partial charge in [-0.05, 0) is 12.1 Å². The number of nitrogens with zero attached hydrogens (tertiary/aromatic N) is 3. The van der Waals surface area contributed by atoms with E-state index in [2.05, 4.69) is 5.32 Å². The van der Waals surface area contributed by atoms with Crippen LogP contribution in [-0.4, -0.2) is 21.9 Å². The number of nitrogens with one attached hydrogen (secondary N) is 1. The molecular formula is C13H12N4O3. The van der Waals surface area contributed by atoms with E-state index in [0.717, 1.165) is 5.39 Å². The van der Waals surface area contributed by atoms with Crippen LogP contribution in [0.25, 0.3) is 10.9 Å². The van der Waals surface area contributed by atoms with Gasteiger partial charge >= 0.3 is 0 Å². The molecule has 0 fully saturated rings. The summed E-state index contributed by atoms with van der Waals surface area (Å²) in [6, 6.07) is 8.25. The zero-order chi connectivity index (χ0) is 14.5. The number of fused-ring (bicyclic) bond motifs is 1. The Morgan fingerprint density at radius 3 is 2.95 bits per heavy atom. The number of carbonyl (C=O) groups excluding carboxylic acids is 1. The maximum Gasteiger partial charge on any atom is 0.271 e. The molecule has 2 aromatic rings. The maximum atomic E-state index is 11.7. The van der Waals surface area contributed by atoms with Gasteiger partial charge in [-0.15, -0.1) is 0 Å². The summed E-state index contributed by atoms with van der Waals surface area (Å²) in [6.45, 7) is 0.366. The third-order valence-electron chi connectivity index (χ3n) is 2.84. The summed E-state index contributed by atoms with van der Waals surface area (Å²) in [5.74, 6) is -0.232. The molecule has 0 radical (unpaired) electrons. The Kier molecular flexibility index (Phi) is 3.96. The zero-order valence-corrected chi connectivity index (χ0v) is 10.6. The normalized spacial score (nSPS) is 10.2. The Bertz CT molecular complexity index is 699. The summed E-state index contributed by atoms with van der Waals surface area (Å²) < 4.78 is 1.64. The summed E-state index contributed by atoms with van der Waals surface area (Å²) in [4.78, 5) is 22.0. The van der Waals surface area contributed by atoms with E-state index in [9.17, 15) is 14.9 Å². The van der Waals surface area contributed by atoms with Crippen molar-refractivity contribution < 1.29 is 9.72 Å². The highest BCUT2D eigenvalue weighted by molar-refractivity contribution is 5.84. The van der Waals surface area contributed by atoms with Gasteiger partial charge in [-0.25, -0.2) is 0 Å². The fraction of sp³-hybridized carbons (Fsp3) is 0.231. The van der Waals surface area contributed by atoms with E-state index in [-0.39, 0.29) is 24.6 Å². The molecule has 1 aromatic heterocycles. The highest BCUT2D eigenvalue weighted by Gasteiger charge is 2.10. The fourth-order valence-corrected chi connectivity index (χ4v) is 1.89. The van der Waals surface area contributed by atoms with Crippen LogP contribution in [0.15, 0.2) is 30.5 Å². The van der Waals surface area contributed by atoms with Gasteiger partial charge in [0.05, 0.1) is 22.9 Å². The van der Waals surface area contributed by atoms with Gasteiger partial charge < -0.3 is 9.88 Å². The smallest absolute Gasteiger partial charge is 0.271 e. The Balaban J connectivity index is 2.18. The number of hydrogen-bond acceptors (Lipinski definition) is 4. The molecule has 7 nitrogen and oxygen atoms in total. The average Bonchev–Trinajstić information content (AvgIpc) is 2.81. The van der Waals surface area contributed by atoms with Gasteiger partial charge in [-0.1, -0.05) is 0 Å². The number of benzene rings is 1. The van der Waals surface area contributed by atoms with Crippen LogP contribution in [0.4, 0.5) is 5.69 Å². The maximum absolute atomic E-state index is 11.7. The molecule has 0 atom stereocenters. The first-order valence-corrected chi connectivity index (χ1v) is 5.99. The summed E-state index contributed by atoms with van der Waals surface area (Å²) in [5, 5.41) is 22.6. The largest absolute Gasteiger partial charge is 0.354 e. The molecule has 0 bridgehead atoms. The van der Waals surface area contributed by atoms with Gasteiger partial charge in [0, 0.05) is 30.3 Å². The molecule has 2 rings (SSSR count). The van der Waals surface area contributed by atoms with Crippen LogP contribution < -0.4 is 5.32 Å². The molecule has 7 heteroatoms. The number of nitriles is 1. The number of rotatable bonds is 5. The lowest BCUT2D eigenvalue weighted by Gasteiger charge is -2.05. The van der Waals surface area contributed by atoms with Crippen LogP contribution in [0.5, 0.6) is 0 Å². The molecule has 0 saturated heterocycles. The molecule has 20 heavy (non-hydrogen) atoms. The standard InChI is InChI=1S/C13H12N4O3/c14-5-1-6-15-13(18)9-16-7-4-10-2-3-11(17(19)20)8-12(10)16/h2-4,7-8H,1,6,9H2,(H,15,18). The Morgan fingerprint density at radius 2 is 2.25 bits per heavy atom. The molecule has 0 aliphatic carbocycles. The second kappa shape index (κ2) is 5.84. The third-order valence-corrected chi connectivity index (χ3v) is 2.84. The predicted octanol–water partition coefficient (Wildman–Crippen LogP) is 1.58. The number of nitro groups is 1. The molecule has 1 N–H and O–H groups in total. The van der Waals surface area contributed by atoms with Crippen molar-refractivity contribution in [3.05, 3.63) is 40.6 Å². The minimum atomic E-state index is -0.468. The van der Waals surface area contributed by atoms with Crippen LogP contribution in [0, 0.1) is 21.4 Å². The Labute approximate surface area is 114 Å². The van der Waals surface area contributed by atoms with Crippen LogP contribution in [0.3, 0.4) is 0 Å². The van der Waals surface area contributed by atoms with Crippen molar-refractivity contribution in [3.8, 4) is 6.07 Å². The second-order valence-corrected chi connectivity index (χ2v) is 4.20. The quantitative estimate of drug-likeness (QED) is 0.507. The number of non-ortho nitro benzene ring substituents is 1. The number of amides is 1. The lowest BCUT2D eigenvalue weighted by atomic mass is 10.2. The summed E-state index contributed by atoms with van der Waals surface area (Å²) >= 11 is 0. The monoisotopic (exact) mass is 272 g/mol. The van der Waals surface area contributed by atoms with Crippen molar-refractivity contribution in [2.75, 3.05) is 6.54 Å². The third kappa shape index (κ3) is 2.92. The van der Waals surface area contributed by atoms with E-state index >= 15 is 0 Å². The van der Waals surface area contributed by atoms with Gasteiger partial charge in [-0.3, -0.25) is 14.9 Å². The van der Waals surface area contributed by atoms with E-state index in [4.69, 9.17) is 5.26 Å². The topological polar surface area (TPSA) is 101 Å². The molecule has 102 valence electrons. The molecule has 0 spiro atoms. The SMILES string of the molecule is N#CCCNC(=O)Cn1ccc2ccc([N+](=O)[O-])cc21. The van der Waals surface area contributed by atoms with Gasteiger partial charge in [0.2, 0.25) is 5.91 Å². The summed E-state index contributed by atoms with van der Waals surface area (Å²) in [5.41, 5.74) is 0.622. The van der Waals surface area contributed by atoms with Gasteiger partial charge in [0.25, 0.3) is 5.69 Å². The minimum absolute atomic E-state index is 0.0117. The fourth-order valence-electron chi connectivity index (χ4n) is 1.89. The van der Waals surface area contributed by atoms with Crippen molar-refractivity contribution in [3.63, 3.8) is 0 Å². The highest BCUT2D eigenvalue weighted by atomic mass is 16.6. The Morgan fingerprint density at radius 1 is 1.45 bits per heavy atom. The molecule has 0 unspecified atom stereocenters. The molecule has 0 aliphatic heterocycles. The van der Waals surface area contributed by atoms with Crippen LogP contribution in [0.2, 0.25) is 0 Å². The van der Waals surface area contributed by atoms with E-state index in [1.807, 2.05) is 6.07 Å². The molecule has 0 saturated carbocycles. The van der Waals surface area contributed by atoms with Crippen molar-refractivity contribution in [1.29, 1.82) is 5.26 Å². The van der Waals surface area contributed by atoms with Crippen LogP contribution in [0.1, 0.15) is 6.42 Å². The molecule has 1 aromatic carbocycles. The molecular weight excluding hydrogens is 260 g/mol. The lowest BCUT2D eigenvalue weighted by Crippen LogP contribution is -2.27. The lowest BCUT2D eigenvalue weighted by molar-refractivity contribution is -0.384. The first kappa shape index (κ1) is 13.5. The van der Waals surface area contributed by atoms with Gasteiger partial charge in [0.15, 0.2) is 0 Å². The number of aromatic nitrogens is 1. The minimum Gasteiger partial charge on any atom is -0.354 e. The van der Waals surface area contributed by atoms with E-state index in [0.29, 0.717) is 12.1 Å². The average molecular weight is 272 g/mol. The first-order chi connectivity index (χ1) is 9.61.